The second-order valence-electron chi connectivity index (χ2n) is 5.96. The summed E-state index contributed by atoms with van der Waals surface area (Å²) in [5.74, 6) is 0.00662. The first-order valence-electron chi connectivity index (χ1n) is 8.09. The molecular formula is C19H20N4O. The Morgan fingerprint density at radius 2 is 1.92 bits per heavy atom. The number of rotatable bonds is 3. The molecule has 0 N–H and O–H groups in total. The van der Waals surface area contributed by atoms with Crippen molar-refractivity contribution in [2.45, 2.75) is 13.0 Å². The van der Waals surface area contributed by atoms with Crippen LogP contribution in [-0.4, -0.2) is 46.9 Å². The maximum absolute atomic E-state index is 12.5. The molecule has 2 aromatic rings. The van der Waals surface area contributed by atoms with Crippen LogP contribution in [0.2, 0.25) is 0 Å². The van der Waals surface area contributed by atoms with Gasteiger partial charge in [0.25, 0.3) is 5.91 Å². The maximum atomic E-state index is 12.5. The molecule has 1 aromatic carbocycles. The third-order valence-electron chi connectivity index (χ3n) is 4.48. The third kappa shape index (κ3) is 3.29. The lowest BCUT2D eigenvalue weighted by Crippen LogP contribution is -2.49. The lowest BCUT2D eigenvalue weighted by molar-refractivity contribution is 0.0605. The molecule has 0 spiro atoms. The zero-order valence-corrected chi connectivity index (χ0v) is 13.7. The van der Waals surface area contributed by atoms with Crippen LogP contribution in [0.1, 0.15) is 27.5 Å². The molecular weight excluding hydrogens is 300 g/mol. The molecule has 1 atom stereocenters. The highest BCUT2D eigenvalue weighted by molar-refractivity contribution is 5.93. The Labute approximate surface area is 142 Å². The number of nitriles is 1. The van der Waals surface area contributed by atoms with Crippen LogP contribution in [0.3, 0.4) is 0 Å². The van der Waals surface area contributed by atoms with Crippen molar-refractivity contribution < 1.29 is 4.79 Å². The number of aromatic nitrogens is 1. The molecule has 1 aliphatic rings. The minimum Gasteiger partial charge on any atom is -0.336 e. The number of nitrogens with zero attached hydrogens (tertiary/aromatic N) is 4. The van der Waals surface area contributed by atoms with Gasteiger partial charge in [-0.15, -0.1) is 0 Å². The summed E-state index contributed by atoms with van der Waals surface area (Å²) in [5, 5.41) is 9.63. The average Bonchev–Trinajstić information content (AvgIpc) is 2.64. The summed E-state index contributed by atoms with van der Waals surface area (Å²) >= 11 is 0. The molecule has 0 bridgehead atoms. The summed E-state index contributed by atoms with van der Waals surface area (Å²) in [7, 11) is 0. The lowest BCUT2D eigenvalue weighted by atomic mass is 10.0. The van der Waals surface area contributed by atoms with Crippen molar-refractivity contribution >= 4 is 5.91 Å². The summed E-state index contributed by atoms with van der Waals surface area (Å²) in [6, 6.07) is 13.7. The first kappa shape index (κ1) is 16.2. The minimum atomic E-state index is -0.262. The van der Waals surface area contributed by atoms with Crippen molar-refractivity contribution in [2.24, 2.45) is 0 Å². The summed E-state index contributed by atoms with van der Waals surface area (Å²) in [4.78, 5) is 20.5. The Hall–Kier alpha value is -2.71. The maximum Gasteiger partial charge on any atom is 0.255 e. The zero-order valence-electron chi connectivity index (χ0n) is 13.7. The van der Waals surface area contributed by atoms with Crippen LogP contribution < -0.4 is 0 Å². The van der Waals surface area contributed by atoms with Gasteiger partial charge < -0.3 is 4.90 Å². The Morgan fingerprint density at radius 3 is 2.54 bits per heavy atom. The number of aryl methyl sites for hydroxylation is 1. The van der Waals surface area contributed by atoms with Crippen LogP contribution in [0.5, 0.6) is 0 Å². The van der Waals surface area contributed by atoms with E-state index in [9.17, 15) is 10.1 Å². The number of amides is 1. The van der Waals surface area contributed by atoms with Gasteiger partial charge in [0.05, 0.1) is 11.6 Å². The van der Waals surface area contributed by atoms with Crippen LogP contribution in [0.25, 0.3) is 0 Å². The summed E-state index contributed by atoms with van der Waals surface area (Å²) in [6.07, 6.45) is 3.26. The number of piperazine rings is 1. The zero-order chi connectivity index (χ0) is 16.9. The quantitative estimate of drug-likeness (QED) is 0.871. The monoisotopic (exact) mass is 320 g/mol. The standard InChI is InChI=1S/C19H20N4O/c1-15-5-2-3-7-17(15)18(13-20)22-9-11-23(12-10-22)19(24)16-6-4-8-21-14-16/h2-8,14,18H,9-12H2,1H3. The normalized spacial score (nSPS) is 16.4. The van der Waals surface area contributed by atoms with E-state index in [0.717, 1.165) is 11.1 Å². The molecule has 1 fully saturated rings. The average molecular weight is 320 g/mol. The second-order valence-corrected chi connectivity index (χ2v) is 5.96. The van der Waals surface area contributed by atoms with Gasteiger partial charge in [-0.2, -0.15) is 5.26 Å². The number of carbonyl (C=O) groups is 1. The van der Waals surface area contributed by atoms with E-state index in [0.29, 0.717) is 31.7 Å². The highest BCUT2D eigenvalue weighted by atomic mass is 16.2. The van der Waals surface area contributed by atoms with E-state index < -0.39 is 0 Å². The summed E-state index contributed by atoms with van der Waals surface area (Å²) in [6.45, 7) is 4.66. The summed E-state index contributed by atoms with van der Waals surface area (Å²) < 4.78 is 0. The van der Waals surface area contributed by atoms with E-state index in [4.69, 9.17) is 0 Å². The molecule has 5 heteroatoms. The smallest absolute Gasteiger partial charge is 0.255 e. The molecule has 0 aliphatic carbocycles. The Kier molecular flexibility index (Phi) is 4.88. The minimum absolute atomic E-state index is 0.00662. The van der Waals surface area contributed by atoms with Crippen molar-refractivity contribution in [1.82, 2.24) is 14.8 Å². The fraction of sp³-hybridized carbons (Fsp3) is 0.316. The van der Waals surface area contributed by atoms with Crippen molar-refractivity contribution in [3.8, 4) is 6.07 Å². The fourth-order valence-electron chi connectivity index (χ4n) is 3.10. The van der Waals surface area contributed by atoms with Crippen LogP contribution >= 0.6 is 0 Å². The molecule has 3 rings (SSSR count). The van der Waals surface area contributed by atoms with Crippen molar-refractivity contribution in [1.29, 1.82) is 5.26 Å². The molecule has 1 aliphatic heterocycles. The van der Waals surface area contributed by atoms with E-state index in [-0.39, 0.29) is 11.9 Å². The van der Waals surface area contributed by atoms with Gasteiger partial charge in [-0.05, 0) is 30.2 Å². The third-order valence-corrected chi connectivity index (χ3v) is 4.48. The molecule has 5 nitrogen and oxygen atoms in total. The Balaban J connectivity index is 1.67. The second kappa shape index (κ2) is 7.24. The first-order chi connectivity index (χ1) is 11.7. The van der Waals surface area contributed by atoms with Gasteiger partial charge in [0.15, 0.2) is 0 Å². The predicted octanol–water partition coefficient (Wildman–Crippen LogP) is 2.41. The molecule has 1 aromatic heterocycles. The summed E-state index contributed by atoms with van der Waals surface area (Å²) in [5.41, 5.74) is 2.78. The molecule has 0 saturated carbocycles. The van der Waals surface area contributed by atoms with Gasteiger partial charge >= 0.3 is 0 Å². The Morgan fingerprint density at radius 1 is 1.17 bits per heavy atom. The topological polar surface area (TPSA) is 60.2 Å². The van der Waals surface area contributed by atoms with E-state index in [1.54, 1.807) is 24.5 Å². The molecule has 24 heavy (non-hydrogen) atoms. The highest BCUT2D eigenvalue weighted by Gasteiger charge is 2.28. The van der Waals surface area contributed by atoms with Crippen LogP contribution in [-0.2, 0) is 0 Å². The van der Waals surface area contributed by atoms with Crippen LogP contribution in [0.4, 0.5) is 0 Å². The van der Waals surface area contributed by atoms with E-state index in [2.05, 4.69) is 16.0 Å². The molecule has 1 amide bonds. The van der Waals surface area contributed by atoms with Crippen molar-refractivity contribution in [3.63, 3.8) is 0 Å². The van der Waals surface area contributed by atoms with Gasteiger partial charge in [-0.25, -0.2) is 0 Å². The fourth-order valence-corrected chi connectivity index (χ4v) is 3.10. The largest absolute Gasteiger partial charge is 0.336 e. The van der Waals surface area contributed by atoms with Crippen molar-refractivity contribution in [2.75, 3.05) is 26.2 Å². The number of hydrogen-bond acceptors (Lipinski definition) is 4. The van der Waals surface area contributed by atoms with Gasteiger partial charge in [0.1, 0.15) is 6.04 Å². The molecule has 122 valence electrons. The molecule has 1 unspecified atom stereocenters. The first-order valence-corrected chi connectivity index (χ1v) is 8.09. The lowest BCUT2D eigenvalue weighted by Gasteiger charge is -2.37. The van der Waals surface area contributed by atoms with E-state index >= 15 is 0 Å². The van der Waals surface area contributed by atoms with E-state index in [1.165, 1.54) is 0 Å². The predicted molar refractivity (Wildman–Crippen MR) is 91.2 cm³/mol. The SMILES string of the molecule is Cc1ccccc1C(C#N)N1CCN(C(=O)c2cccnc2)CC1. The number of pyridine rings is 1. The van der Waals surface area contributed by atoms with Crippen LogP contribution in [0.15, 0.2) is 48.8 Å². The highest BCUT2D eigenvalue weighted by Crippen LogP contribution is 2.24. The number of benzene rings is 1. The van der Waals surface area contributed by atoms with Crippen LogP contribution in [0, 0.1) is 18.3 Å². The molecule has 2 heterocycles. The Bertz CT molecular complexity index is 745. The van der Waals surface area contributed by atoms with Gasteiger partial charge in [0, 0.05) is 38.6 Å². The van der Waals surface area contributed by atoms with Gasteiger partial charge in [-0.1, -0.05) is 24.3 Å². The molecule has 0 radical (unpaired) electrons. The number of hydrogen-bond donors (Lipinski definition) is 0. The van der Waals surface area contributed by atoms with Gasteiger partial charge in [0.2, 0.25) is 0 Å². The molecule has 1 saturated heterocycles. The van der Waals surface area contributed by atoms with Gasteiger partial charge in [-0.3, -0.25) is 14.7 Å². The van der Waals surface area contributed by atoms with Crippen molar-refractivity contribution in [3.05, 3.63) is 65.5 Å². The number of carbonyl (C=O) groups excluding carboxylic acids is 1. The van der Waals surface area contributed by atoms with E-state index in [1.807, 2.05) is 36.1 Å².